The smallest absolute Gasteiger partial charge is 0.126 e. The zero-order valence-corrected chi connectivity index (χ0v) is 12.2. The largest absolute Gasteiger partial charge is 0.494 e. The maximum atomic E-state index is 13.4. The van der Waals surface area contributed by atoms with E-state index in [0.29, 0.717) is 18.7 Å². The maximum Gasteiger partial charge on any atom is 0.126 e. The molecule has 0 saturated carbocycles. The molecular formula is C17H19F2NO. The van der Waals surface area contributed by atoms with Gasteiger partial charge in [-0.3, -0.25) is 0 Å². The Bertz CT molecular complexity index is 564. The second-order valence-electron chi connectivity index (χ2n) is 4.70. The highest BCUT2D eigenvalue weighted by molar-refractivity contribution is 5.36. The van der Waals surface area contributed by atoms with Crippen molar-refractivity contribution in [3.05, 3.63) is 65.2 Å². The fourth-order valence-corrected chi connectivity index (χ4v) is 2.30. The van der Waals surface area contributed by atoms with E-state index in [1.165, 1.54) is 12.1 Å². The van der Waals surface area contributed by atoms with Crippen molar-refractivity contribution in [3.63, 3.8) is 0 Å². The number of ether oxygens (including phenoxy) is 1. The van der Waals surface area contributed by atoms with Crippen LogP contribution in [-0.4, -0.2) is 13.2 Å². The Morgan fingerprint density at radius 3 is 2.10 bits per heavy atom. The Morgan fingerprint density at radius 1 is 0.952 bits per heavy atom. The van der Waals surface area contributed by atoms with Crippen LogP contribution in [0.5, 0.6) is 5.75 Å². The fraction of sp³-hybridized carbons (Fsp3) is 0.294. The van der Waals surface area contributed by atoms with E-state index in [0.717, 1.165) is 17.4 Å². The van der Waals surface area contributed by atoms with Crippen LogP contribution >= 0.6 is 0 Å². The first-order valence-electron chi connectivity index (χ1n) is 7.06. The van der Waals surface area contributed by atoms with Crippen LogP contribution < -0.4 is 10.1 Å². The molecule has 4 heteroatoms. The Kier molecular flexibility index (Phi) is 5.28. The van der Waals surface area contributed by atoms with E-state index in [2.05, 4.69) is 5.32 Å². The Balaban J connectivity index is 2.33. The molecule has 0 aliphatic heterocycles. The molecule has 2 rings (SSSR count). The lowest BCUT2D eigenvalue weighted by Crippen LogP contribution is -2.22. The second-order valence-corrected chi connectivity index (χ2v) is 4.70. The average molecular weight is 291 g/mol. The number of hydrogen-bond donors (Lipinski definition) is 1. The van der Waals surface area contributed by atoms with Gasteiger partial charge in [0.15, 0.2) is 0 Å². The molecule has 1 N–H and O–H groups in total. The highest BCUT2D eigenvalue weighted by Gasteiger charge is 2.15. The Morgan fingerprint density at radius 2 is 1.57 bits per heavy atom. The first kappa shape index (κ1) is 15.4. The molecule has 0 spiro atoms. The molecule has 2 aromatic carbocycles. The van der Waals surface area contributed by atoms with E-state index in [-0.39, 0.29) is 6.04 Å². The van der Waals surface area contributed by atoms with Gasteiger partial charge in [0.25, 0.3) is 0 Å². The summed E-state index contributed by atoms with van der Waals surface area (Å²) in [6.45, 7) is 5.17. The van der Waals surface area contributed by atoms with Gasteiger partial charge >= 0.3 is 0 Å². The molecule has 0 radical (unpaired) electrons. The SMILES string of the molecule is CCNC(c1ccc(OCC)cc1)c1cc(F)cc(F)c1. The van der Waals surface area contributed by atoms with Crippen molar-refractivity contribution in [2.45, 2.75) is 19.9 Å². The summed E-state index contributed by atoms with van der Waals surface area (Å²) in [5.41, 5.74) is 1.50. The standard InChI is InChI=1S/C17H19F2NO/c1-3-20-17(13-9-14(18)11-15(19)10-13)12-5-7-16(8-6-12)21-4-2/h5-11,17,20H,3-4H2,1-2H3. The Hall–Kier alpha value is -1.94. The quantitative estimate of drug-likeness (QED) is 0.866. The highest BCUT2D eigenvalue weighted by atomic mass is 19.1. The monoisotopic (exact) mass is 291 g/mol. The molecule has 0 aromatic heterocycles. The van der Waals surface area contributed by atoms with E-state index < -0.39 is 11.6 Å². The third-order valence-electron chi connectivity index (χ3n) is 3.15. The summed E-state index contributed by atoms with van der Waals surface area (Å²) in [5.74, 6) is -0.361. The first-order valence-corrected chi connectivity index (χ1v) is 7.06. The van der Waals surface area contributed by atoms with Gasteiger partial charge in [0, 0.05) is 6.07 Å². The predicted molar refractivity (Wildman–Crippen MR) is 79.5 cm³/mol. The zero-order chi connectivity index (χ0) is 15.2. The third-order valence-corrected chi connectivity index (χ3v) is 3.15. The lowest BCUT2D eigenvalue weighted by molar-refractivity contribution is 0.340. The van der Waals surface area contributed by atoms with Gasteiger partial charge in [-0.1, -0.05) is 19.1 Å². The van der Waals surface area contributed by atoms with E-state index in [4.69, 9.17) is 4.74 Å². The van der Waals surface area contributed by atoms with E-state index in [1.807, 2.05) is 38.1 Å². The summed E-state index contributed by atoms with van der Waals surface area (Å²) < 4.78 is 32.2. The van der Waals surface area contributed by atoms with Crippen molar-refractivity contribution in [1.29, 1.82) is 0 Å². The van der Waals surface area contributed by atoms with Gasteiger partial charge in [0.2, 0.25) is 0 Å². The highest BCUT2D eigenvalue weighted by Crippen LogP contribution is 2.25. The molecule has 1 unspecified atom stereocenters. The third kappa shape index (κ3) is 4.02. The van der Waals surface area contributed by atoms with E-state index >= 15 is 0 Å². The van der Waals surface area contributed by atoms with Gasteiger partial charge in [-0.2, -0.15) is 0 Å². The van der Waals surface area contributed by atoms with Crippen molar-refractivity contribution >= 4 is 0 Å². The molecule has 0 aliphatic carbocycles. The van der Waals surface area contributed by atoms with Crippen LogP contribution in [-0.2, 0) is 0 Å². The van der Waals surface area contributed by atoms with Crippen LogP contribution in [0.4, 0.5) is 8.78 Å². The van der Waals surface area contributed by atoms with Crippen LogP contribution in [0, 0.1) is 11.6 Å². The summed E-state index contributed by atoms with van der Waals surface area (Å²) in [5, 5.41) is 3.25. The van der Waals surface area contributed by atoms with Gasteiger partial charge in [-0.15, -0.1) is 0 Å². The zero-order valence-electron chi connectivity index (χ0n) is 12.2. The van der Waals surface area contributed by atoms with E-state index in [1.54, 1.807) is 0 Å². The number of hydrogen-bond acceptors (Lipinski definition) is 2. The number of nitrogens with one attached hydrogen (secondary N) is 1. The van der Waals surface area contributed by atoms with Crippen molar-refractivity contribution in [2.75, 3.05) is 13.2 Å². The maximum absolute atomic E-state index is 13.4. The molecule has 0 fully saturated rings. The minimum atomic E-state index is -0.571. The van der Waals surface area contributed by atoms with Crippen molar-refractivity contribution in [2.24, 2.45) is 0 Å². The van der Waals surface area contributed by atoms with Crippen LogP contribution in [0.3, 0.4) is 0 Å². The number of halogens is 2. The molecule has 2 aromatic rings. The van der Waals surface area contributed by atoms with Gasteiger partial charge in [0.1, 0.15) is 17.4 Å². The molecule has 1 atom stereocenters. The molecule has 0 heterocycles. The van der Waals surface area contributed by atoms with Crippen molar-refractivity contribution in [3.8, 4) is 5.75 Å². The van der Waals surface area contributed by atoms with Gasteiger partial charge in [0.05, 0.1) is 12.6 Å². The van der Waals surface area contributed by atoms with Crippen LogP contribution in [0.2, 0.25) is 0 Å². The molecule has 2 nitrogen and oxygen atoms in total. The fourth-order valence-electron chi connectivity index (χ4n) is 2.30. The average Bonchev–Trinajstić information content (AvgIpc) is 2.45. The molecule has 112 valence electrons. The topological polar surface area (TPSA) is 21.3 Å². The summed E-state index contributed by atoms with van der Waals surface area (Å²) in [6.07, 6.45) is 0. The molecule has 0 amide bonds. The first-order chi connectivity index (χ1) is 10.1. The van der Waals surface area contributed by atoms with Gasteiger partial charge in [-0.25, -0.2) is 8.78 Å². The number of benzene rings is 2. The summed E-state index contributed by atoms with van der Waals surface area (Å²) >= 11 is 0. The van der Waals surface area contributed by atoms with E-state index in [9.17, 15) is 8.78 Å². The van der Waals surface area contributed by atoms with Gasteiger partial charge < -0.3 is 10.1 Å². The van der Waals surface area contributed by atoms with Crippen LogP contribution in [0.1, 0.15) is 31.0 Å². The minimum absolute atomic E-state index is 0.254. The molecule has 0 saturated heterocycles. The predicted octanol–water partition coefficient (Wildman–Crippen LogP) is 4.06. The molecule has 0 bridgehead atoms. The summed E-state index contributed by atoms with van der Waals surface area (Å²) in [7, 11) is 0. The van der Waals surface area contributed by atoms with Crippen molar-refractivity contribution in [1.82, 2.24) is 5.32 Å². The second kappa shape index (κ2) is 7.18. The lowest BCUT2D eigenvalue weighted by atomic mass is 9.98. The van der Waals surface area contributed by atoms with Crippen molar-refractivity contribution < 1.29 is 13.5 Å². The van der Waals surface area contributed by atoms with Crippen LogP contribution in [0.15, 0.2) is 42.5 Å². The summed E-state index contributed by atoms with van der Waals surface area (Å²) in [4.78, 5) is 0. The normalized spacial score (nSPS) is 12.2. The van der Waals surface area contributed by atoms with Gasteiger partial charge in [-0.05, 0) is 48.9 Å². The minimum Gasteiger partial charge on any atom is -0.494 e. The number of rotatable bonds is 6. The molecule has 21 heavy (non-hydrogen) atoms. The Labute approximate surface area is 123 Å². The lowest BCUT2D eigenvalue weighted by Gasteiger charge is -2.19. The summed E-state index contributed by atoms with van der Waals surface area (Å²) in [6, 6.07) is 10.9. The molecular weight excluding hydrogens is 272 g/mol. The van der Waals surface area contributed by atoms with Crippen LogP contribution in [0.25, 0.3) is 0 Å². The molecule has 0 aliphatic rings.